The summed E-state index contributed by atoms with van der Waals surface area (Å²) in [4.78, 5) is 5.52. The fourth-order valence-corrected chi connectivity index (χ4v) is 2.43. The van der Waals surface area contributed by atoms with Crippen molar-refractivity contribution in [3.8, 4) is 0 Å². The highest BCUT2D eigenvalue weighted by atomic mass is 32.1. The Hall–Kier alpha value is -0.450. The van der Waals surface area contributed by atoms with Crippen LogP contribution in [0.4, 0.5) is 0 Å². The Balaban J connectivity index is 2.07. The molecule has 4 heteroatoms. The lowest BCUT2D eigenvalue weighted by Crippen LogP contribution is -2.21. The van der Waals surface area contributed by atoms with Gasteiger partial charge in [-0.1, -0.05) is 0 Å². The standard InChI is InChI=1S/C9H14N2OS/c1-6-4-11-9(13-6)8(10)7-2-3-12-5-7/h4,7-8H,2-3,5,10H2,1H3. The fourth-order valence-electron chi connectivity index (χ4n) is 1.56. The molecule has 2 heterocycles. The van der Waals surface area contributed by atoms with Gasteiger partial charge in [-0.15, -0.1) is 11.3 Å². The average Bonchev–Trinajstić information content (AvgIpc) is 2.72. The smallest absolute Gasteiger partial charge is 0.110 e. The molecule has 0 bridgehead atoms. The molecular formula is C9H14N2OS. The van der Waals surface area contributed by atoms with Crippen molar-refractivity contribution in [1.82, 2.24) is 4.98 Å². The van der Waals surface area contributed by atoms with Gasteiger partial charge in [-0.3, -0.25) is 0 Å². The summed E-state index contributed by atoms with van der Waals surface area (Å²) in [7, 11) is 0. The van der Waals surface area contributed by atoms with Crippen LogP contribution < -0.4 is 5.73 Å². The van der Waals surface area contributed by atoms with Crippen LogP contribution in [0.2, 0.25) is 0 Å². The Morgan fingerprint density at radius 2 is 2.62 bits per heavy atom. The van der Waals surface area contributed by atoms with Gasteiger partial charge in [0, 0.05) is 23.6 Å². The summed E-state index contributed by atoms with van der Waals surface area (Å²) in [5.74, 6) is 0.463. The van der Waals surface area contributed by atoms with Crippen LogP contribution in [-0.2, 0) is 4.74 Å². The highest BCUT2D eigenvalue weighted by Gasteiger charge is 2.25. The maximum absolute atomic E-state index is 6.08. The molecule has 0 aromatic carbocycles. The molecule has 2 unspecified atom stereocenters. The van der Waals surface area contributed by atoms with Crippen molar-refractivity contribution in [1.29, 1.82) is 0 Å². The van der Waals surface area contributed by atoms with Gasteiger partial charge in [0.15, 0.2) is 0 Å². The fraction of sp³-hybridized carbons (Fsp3) is 0.667. The maximum atomic E-state index is 6.08. The zero-order valence-electron chi connectivity index (χ0n) is 7.69. The molecule has 1 aromatic heterocycles. The molecule has 2 rings (SSSR count). The predicted molar refractivity (Wildman–Crippen MR) is 52.7 cm³/mol. The van der Waals surface area contributed by atoms with E-state index < -0.39 is 0 Å². The predicted octanol–water partition coefficient (Wildman–Crippen LogP) is 1.49. The molecule has 1 aromatic rings. The molecule has 1 saturated heterocycles. The van der Waals surface area contributed by atoms with E-state index in [1.54, 1.807) is 11.3 Å². The number of hydrogen-bond donors (Lipinski definition) is 1. The first-order valence-corrected chi connectivity index (χ1v) is 5.34. The highest BCUT2D eigenvalue weighted by molar-refractivity contribution is 7.11. The zero-order valence-corrected chi connectivity index (χ0v) is 8.51. The van der Waals surface area contributed by atoms with E-state index in [4.69, 9.17) is 10.5 Å². The lowest BCUT2D eigenvalue weighted by atomic mass is 10.0. The first kappa shape index (κ1) is 9.12. The number of nitrogens with two attached hydrogens (primary N) is 1. The van der Waals surface area contributed by atoms with Crippen molar-refractivity contribution >= 4 is 11.3 Å². The topological polar surface area (TPSA) is 48.1 Å². The summed E-state index contributed by atoms with van der Waals surface area (Å²) in [6.07, 6.45) is 2.95. The molecule has 1 aliphatic rings. The average molecular weight is 198 g/mol. The van der Waals surface area contributed by atoms with Crippen LogP contribution in [0.3, 0.4) is 0 Å². The third-order valence-corrected chi connectivity index (χ3v) is 3.41. The van der Waals surface area contributed by atoms with E-state index in [9.17, 15) is 0 Å². The first-order chi connectivity index (χ1) is 6.27. The molecule has 2 atom stereocenters. The summed E-state index contributed by atoms with van der Waals surface area (Å²) in [5.41, 5.74) is 6.08. The Morgan fingerprint density at radius 3 is 3.15 bits per heavy atom. The molecule has 0 aliphatic carbocycles. The van der Waals surface area contributed by atoms with Gasteiger partial charge < -0.3 is 10.5 Å². The van der Waals surface area contributed by atoms with Gasteiger partial charge >= 0.3 is 0 Å². The van der Waals surface area contributed by atoms with Gasteiger partial charge in [-0.25, -0.2) is 4.98 Å². The number of aromatic nitrogens is 1. The van der Waals surface area contributed by atoms with Crippen molar-refractivity contribution in [3.63, 3.8) is 0 Å². The van der Waals surface area contributed by atoms with Gasteiger partial charge in [-0.2, -0.15) is 0 Å². The number of aryl methyl sites for hydroxylation is 1. The normalized spacial score (nSPS) is 24.9. The Morgan fingerprint density at radius 1 is 1.77 bits per heavy atom. The molecule has 13 heavy (non-hydrogen) atoms. The monoisotopic (exact) mass is 198 g/mol. The minimum Gasteiger partial charge on any atom is -0.381 e. The molecule has 1 aliphatic heterocycles. The molecule has 1 fully saturated rings. The Labute approximate surface area is 81.9 Å². The van der Waals surface area contributed by atoms with Gasteiger partial charge in [-0.05, 0) is 13.3 Å². The summed E-state index contributed by atoms with van der Waals surface area (Å²) in [6, 6.07) is 0.0706. The third kappa shape index (κ3) is 1.90. The van der Waals surface area contributed by atoms with Crippen LogP contribution in [0.1, 0.15) is 22.3 Å². The lowest BCUT2D eigenvalue weighted by Gasteiger charge is -2.14. The van der Waals surface area contributed by atoms with Gasteiger partial charge in [0.25, 0.3) is 0 Å². The molecule has 0 radical (unpaired) electrons. The number of thiazole rings is 1. The van der Waals surface area contributed by atoms with E-state index in [1.807, 2.05) is 6.20 Å². The quantitative estimate of drug-likeness (QED) is 0.783. The van der Waals surface area contributed by atoms with Crippen molar-refractivity contribution in [3.05, 3.63) is 16.1 Å². The second-order valence-corrected chi connectivity index (χ2v) is 4.72. The van der Waals surface area contributed by atoms with E-state index >= 15 is 0 Å². The second-order valence-electron chi connectivity index (χ2n) is 3.46. The minimum absolute atomic E-state index is 0.0706. The molecule has 3 nitrogen and oxygen atoms in total. The summed E-state index contributed by atoms with van der Waals surface area (Å²) in [5, 5.41) is 1.05. The molecular weight excluding hydrogens is 184 g/mol. The van der Waals surface area contributed by atoms with Crippen LogP contribution in [0, 0.1) is 12.8 Å². The maximum Gasteiger partial charge on any atom is 0.110 e. The number of rotatable bonds is 2. The molecule has 2 N–H and O–H groups in total. The van der Waals surface area contributed by atoms with Crippen LogP contribution >= 0.6 is 11.3 Å². The minimum atomic E-state index is 0.0706. The summed E-state index contributed by atoms with van der Waals surface area (Å²) < 4.78 is 5.30. The van der Waals surface area contributed by atoms with E-state index in [2.05, 4.69) is 11.9 Å². The van der Waals surface area contributed by atoms with Crippen LogP contribution in [-0.4, -0.2) is 18.2 Å². The van der Waals surface area contributed by atoms with Crippen LogP contribution in [0.25, 0.3) is 0 Å². The number of ether oxygens (including phenoxy) is 1. The summed E-state index contributed by atoms with van der Waals surface area (Å²) >= 11 is 1.69. The lowest BCUT2D eigenvalue weighted by molar-refractivity contribution is 0.181. The van der Waals surface area contributed by atoms with Crippen molar-refractivity contribution in [2.75, 3.05) is 13.2 Å². The van der Waals surface area contributed by atoms with Crippen LogP contribution in [0.15, 0.2) is 6.20 Å². The molecule has 0 spiro atoms. The van der Waals surface area contributed by atoms with Crippen molar-refractivity contribution in [2.45, 2.75) is 19.4 Å². The van der Waals surface area contributed by atoms with Crippen molar-refractivity contribution in [2.24, 2.45) is 11.7 Å². The Bertz CT molecular complexity index is 281. The Kier molecular flexibility index (Phi) is 2.62. The zero-order chi connectivity index (χ0) is 9.26. The molecule has 72 valence electrons. The highest BCUT2D eigenvalue weighted by Crippen LogP contribution is 2.28. The molecule has 0 saturated carbocycles. The number of nitrogens with zero attached hydrogens (tertiary/aromatic N) is 1. The van der Waals surface area contributed by atoms with E-state index in [1.165, 1.54) is 4.88 Å². The first-order valence-electron chi connectivity index (χ1n) is 4.53. The largest absolute Gasteiger partial charge is 0.381 e. The van der Waals surface area contributed by atoms with Gasteiger partial charge in [0.2, 0.25) is 0 Å². The van der Waals surface area contributed by atoms with Gasteiger partial charge in [0.1, 0.15) is 5.01 Å². The van der Waals surface area contributed by atoms with E-state index in [0.717, 1.165) is 24.6 Å². The SMILES string of the molecule is Cc1cnc(C(N)C2CCOC2)s1. The van der Waals surface area contributed by atoms with E-state index in [-0.39, 0.29) is 6.04 Å². The van der Waals surface area contributed by atoms with Gasteiger partial charge in [0.05, 0.1) is 12.6 Å². The second kappa shape index (κ2) is 3.74. The third-order valence-electron chi connectivity index (χ3n) is 2.40. The number of hydrogen-bond acceptors (Lipinski definition) is 4. The molecule has 0 amide bonds. The van der Waals surface area contributed by atoms with Crippen molar-refractivity contribution < 1.29 is 4.74 Å². The summed E-state index contributed by atoms with van der Waals surface area (Å²) in [6.45, 7) is 3.70. The van der Waals surface area contributed by atoms with E-state index in [0.29, 0.717) is 5.92 Å². The van der Waals surface area contributed by atoms with Crippen LogP contribution in [0.5, 0.6) is 0 Å².